The summed E-state index contributed by atoms with van der Waals surface area (Å²) in [5, 5.41) is 8.69. The summed E-state index contributed by atoms with van der Waals surface area (Å²) in [6.45, 7) is 8.32. The third kappa shape index (κ3) is 3.03. The van der Waals surface area contributed by atoms with Crippen LogP contribution in [-0.2, 0) is 13.6 Å². The average Bonchev–Trinajstić information content (AvgIpc) is 2.59. The van der Waals surface area contributed by atoms with Crippen molar-refractivity contribution in [3.8, 4) is 0 Å². The molecule has 1 aromatic rings. The number of amidine groups is 1. The van der Waals surface area contributed by atoms with Crippen molar-refractivity contribution in [3.05, 3.63) is 17.5 Å². The maximum absolute atomic E-state index is 4.58. The molecule has 2 rings (SSSR count). The van der Waals surface area contributed by atoms with Crippen LogP contribution in [-0.4, -0.2) is 27.2 Å². The smallest absolute Gasteiger partial charge is 0.156 e. The zero-order valence-electron chi connectivity index (χ0n) is 10.9. The number of thioether (sulfide) groups is 1. The van der Waals surface area contributed by atoms with Crippen LogP contribution in [0.5, 0.6) is 0 Å². The first kappa shape index (κ1) is 12.5. The van der Waals surface area contributed by atoms with Gasteiger partial charge < -0.3 is 5.32 Å². The normalized spacial score (nSPS) is 18.9. The van der Waals surface area contributed by atoms with E-state index in [-0.39, 0.29) is 0 Å². The van der Waals surface area contributed by atoms with Crippen LogP contribution in [0.2, 0.25) is 0 Å². The van der Waals surface area contributed by atoms with Gasteiger partial charge in [-0.2, -0.15) is 5.10 Å². The number of aromatic nitrogens is 2. The van der Waals surface area contributed by atoms with E-state index < -0.39 is 0 Å². The Labute approximate surface area is 107 Å². The lowest BCUT2D eigenvalue weighted by molar-refractivity contribution is 0.436. The molecule has 4 nitrogen and oxygen atoms in total. The molecule has 0 spiro atoms. The second kappa shape index (κ2) is 4.72. The van der Waals surface area contributed by atoms with Crippen LogP contribution in [0.15, 0.2) is 11.2 Å². The van der Waals surface area contributed by atoms with Crippen molar-refractivity contribution >= 4 is 16.9 Å². The van der Waals surface area contributed by atoms with Crippen molar-refractivity contribution < 1.29 is 0 Å². The van der Waals surface area contributed by atoms with Crippen molar-refractivity contribution in [1.29, 1.82) is 0 Å². The van der Waals surface area contributed by atoms with Gasteiger partial charge in [-0.15, -0.1) is 0 Å². The van der Waals surface area contributed by atoms with Crippen LogP contribution in [0.1, 0.15) is 25.1 Å². The Morgan fingerprint density at radius 1 is 1.53 bits per heavy atom. The minimum absolute atomic E-state index is 0.333. The van der Waals surface area contributed by atoms with Crippen LogP contribution in [0.3, 0.4) is 0 Å². The molecule has 17 heavy (non-hydrogen) atoms. The fourth-order valence-electron chi connectivity index (χ4n) is 1.64. The van der Waals surface area contributed by atoms with Crippen molar-refractivity contribution in [2.24, 2.45) is 17.5 Å². The standard InChI is InChI=1S/C12H20N4S/c1-9-10(6-15-16(9)4)5-13-11-14-7-12(2,3)8-17-11/h6H,5,7-8H2,1-4H3,(H,13,14). The van der Waals surface area contributed by atoms with E-state index in [1.165, 1.54) is 11.3 Å². The number of rotatable bonds is 2. The highest BCUT2D eigenvalue weighted by atomic mass is 32.2. The lowest BCUT2D eigenvalue weighted by Crippen LogP contribution is -2.31. The summed E-state index contributed by atoms with van der Waals surface area (Å²) < 4.78 is 1.90. The van der Waals surface area contributed by atoms with Gasteiger partial charge in [0.05, 0.1) is 6.20 Å². The summed E-state index contributed by atoms with van der Waals surface area (Å²) in [6.07, 6.45) is 1.92. The molecule has 0 aliphatic carbocycles. The van der Waals surface area contributed by atoms with Gasteiger partial charge in [-0.1, -0.05) is 25.6 Å². The topological polar surface area (TPSA) is 42.2 Å². The predicted molar refractivity (Wildman–Crippen MR) is 73.3 cm³/mol. The SMILES string of the molecule is Cc1c(CNC2=NCC(C)(C)CS2)cnn1C. The van der Waals surface area contributed by atoms with E-state index in [1.807, 2.05) is 29.7 Å². The third-order valence-corrected chi connectivity index (χ3v) is 4.49. The average molecular weight is 252 g/mol. The number of hydrogen-bond donors (Lipinski definition) is 1. The molecule has 0 aromatic carbocycles. The van der Waals surface area contributed by atoms with Gasteiger partial charge in [0, 0.05) is 37.1 Å². The fraction of sp³-hybridized carbons (Fsp3) is 0.667. The van der Waals surface area contributed by atoms with Crippen molar-refractivity contribution in [2.45, 2.75) is 27.3 Å². The molecule has 0 fully saturated rings. The van der Waals surface area contributed by atoms with E-state index >= 15 is 0 Å². The third-order valence-electron chi connectivity index (χ3n) is 3.02. The lowest BCUT2D eigenvalue weighted by atomic mass is 9.97. The summed E-state index contributed by atoms with van der Waals surface area (Å²) in [4.78, 5) is 4.58. The zero-order valence-corrected chi connectivity index (χ0v) is 11.8. The van der Waals surface area contributed by atoms with Crippen molar-refractivity contribution in [3.63, 3.8) is 0 Å². The first-order chi connectivity index (χ1) is 7.98. The predicted octanol–water partition coefficient (Wildman–Crippen LogP) is 1.95. The van der Waals surface area contributed by atoms with Gasteiger partial charge in [0.25, 0.3) is 0 Å². The van der Waals surface area contributed by atoms with Crippen molar-refractivity contribution in [1.82, 2.24) is 15.1 Å². The minimum atomic E-state index is 0.333. The lowest BCUT2D eigenvalue weighted by Gasteiger charge is -2.27. The summed E-state index contributed by atoms with van der Waals surface area (Å²) in [5.41, 5.74) is 2.78. The van der Waals surface area contributed by atoms with Crippen LogP contribution >= 0.6 is 11.8 Å². The number of nitrogens with one attached hydrogen (secondary N) is 1. The van der Waals surface area contributed by atoms with Crippen LogP contribution in [0.4, 0.5) is 0 Å². The number of nitrogens with zero attached hydrogens (tertiary/aromatic N) is 3. The van der Waals surface area contributed by atoms with Gasteiger partial charge in [0.15, 0.2) is 5.17 Å². The van der Waals surface area contributed by atoms with E-state index in [0.717, 1.165) is 24.0 Å². The Bertz CT molecular complexity index is 434. The second-order valence-corrected chi connectivity index (χ2v) is 6.27. The van der Waals surface area contributed by atoms with Gasteiger partial charge in [-0.05, 0) is 12.3 Å². The number of aliphatic imine (C=N–C) groups is 1. The van der Waals surface area contributed by atoms with Crippen LogP contribution in [0.25, 0.3) is 0 Å². The summed E-state index contributed by atoms with van der Waals surface area (Å²) in [7, 11) is 1.97. The monoisotopic (exact) mass is 252 g/mol. The summed E-state index contributed by atoms with van der Waals surface area (Å²) >= 11 is 1.81. The number of hydrogen-bond acceptors (Lipinski definition) is 4. The van der Waals surface area contributed by atoms with E-state index in [1.54, 1.807) is 0 Å². The Kier molecular flexibility index (Phi) is 3.47. The summed E-state index contributed by atoms with van der Waals surface area (Å²) in [5.74, 6) is 1.13. The molecule has 1 aliphatic heterocycles. The molecule has 94 valence electrons. The Balaban J connectivity index is 1.91. The van der Waals surface area contributed by atoms with Gasteiger partial charge in [-0.25, -0.2) is 0 Å². The summed E-state index contributed by atoms with van der Waals surface area (Å²) in [6, 6.07) is 0. The first-order valence-corrected chi connectivity index (χ1v) is 6.85. The molecule has 0 radical (unpaired) electrons. The highest BCUT2D eigenvalue weighted by Crippen LogP contribution is 2.27. The Morgan fingerprint density at radius 2 is 2.29 bits per heavy atom. The number of aryl methyl sites for hydroxylation is 1. The molecule has 0 unspecified atom stereocenters. The molecule has 2 heterocycles. The van der Waals surface area contributed by atoms with E-state index in [2.05, 4.69) is 36.2 Å². The molecule has 1 aromatic heterocycles. The Morgan fingerprint density at radius 3 is 2.82 bits per heavy atom. The van der Waals surface area contributed by atoms with E-state index in [0.29, 0.717) is 5.41 Å². The molecule has 5 heteroatoms. The molecular weight excluding hydrogens is 232 g/mol. The van der Waals surface area contributed by atoms with E-state index in [9.17, 15) is 0 Å². The molecule has 1 N–H and O–H groups in total. The molecule has 0 atom stereocenters. The van der Waals surface area contributed by atoms with Gasteiger partial charge in [0.1, 0.15) is 0 Å². The van der Waals surface area contributed by atoms with E-state index in [4.69, 9.17) is 0 Å². The second-order valence-electron chi connectivity index (χ2n) is 5.31. The van der Waals surface area contributed by atoms with Gasteiger partial charge in [0.2, 0.25) is 0 Å². The highest BCUT2D eigenvalue weighted by Gasteiger charge is 2.23. The quantitative estimate of drug-likeness (QED) is 0.875. The minimum Gasteiger partial charge on any atom is -0.361 e. The zero-order chi connectivity index (χ0) is 12.5. The molecule has 0 saturated heterocycles. The molecule has 0 saturated carbocycles. The maximum Gasteiger partial charge on any atom is 0.156 e. The maximum atomic E-state index is 4.58. The van der Waals surface area contributed by atoms with Crippen molar-refractivity contribution in [2.75, 3.05) is 12.3 Å². The first-order valence-electron chi connectivity index (χ1n) is 5.86. The fourth-order valence-corrected chi connectivity index (χ4v) is 2.59. The van der Waals surface area contributed by atoms with Crippen LogP contribution < -0.4 is 5.32 Å². The molecule has 1 aliphatic rings. The largest absolute Gasteiger partial charge is 0.361 e. The Hall–Kier alpha value is -0.970. The van der Waals surface area contributed by atoms with Gasteiger partial charge >= 0.3 is 0 Å². The van der Waals surface area contributed by atoms with Gasteiger partial charge in [-0.3, -0.25) is 9.67 Å². The molecular formula is C12H20N4S. The van der Waals surface area contributed by atoms with Crippen LogP contribution in [0, 0.1) is 12.3 Å². The molecule has 0 amide bonds. The highest BCUT2D eigenvalue weighted by molar-refractivity contribution is 8.13. The molecule has 0 bridgehead atoms.